The van der Waals surface area contributed by atoms with Gasteiger partial charge in [0, 0.05) is 16.6 Å². The van der Waals surface area contributed by atoms with E-state index in [1.165, 1.54) is 13.2 Å². The first kappa shape index (κ1) is 15.8. The predicted octanol–water partition coefficient (Wildman–Crippen LogP) is 3.50. The Morgan fingerprint density at radius 3 is 2.62 bits per heavy atom. The van der Waals surface area contributed by atoms with Crippen molar-refractivity contribution >= 4 is 33.3 Å². The summed E-state index contributed by atoms with van der Waals surface area (Å²) in [7, 11) is 1.40. The molecule has 0 aliphatic heterocycles. The predicted molar refractivity (Wildman–Crippen MR) is 82.2 cm³/mol. The van der Waals surface area contributed by atoms with Crippen LogP contribution in [-0.2, 0) is 9.53 Å². The molecule has 0 amide bonds. The molecule has 0 heterocycles. The number of esters is 1. The molecule has 1 aromatic carbocycles. The number of nitrogens with one attached hydrogen (secondary N) is 1. The van der Waals surface area contributed by atoms with Crippen LogP contribution in [0.5, 0.6) is 0 Å². The Morgan fingerprint density at radius 1 is 1.38 bits per heavy atom. The van der Waals surface area contributed by atoms with Crippen LogP contribution in [0.25, 0.3) is 0 Å². The van der Waals surface area contributed by atoms with Gasteiger partial charge in [-0.2, -0.15) is 0 Å². The summed E-state index contributed by atoms with van der Waals surface area (Å²) in [5.41, 5.74) is 0.573. The second-order valence-electron chi connectivity index (χ2n) is 5.13. The maximum atomic E-state index is 11.5. The fraction of sp³-hybridized carbons (Fsp3) is 0.500. The normalized spacial score (nSPS) is 21.6. The number of nitro groups is 1. The van der Waals surface area contributed by atoms with E-state index in [-0.39, 0.29) is 23.6 Å². The highest BCUT2D eigenvalue weighted by Crippen LogP contribution is 2.32. The van der Waals surface area contributed by atoms with Crippen LogP contribution >= 0.6 is 15.9 Å². The summed E-state index contributed by atoms with van der Waals surface area (Å²) < 4.78 is 5.43. The van der Waals surface area contributed by atoms with Gasteiger partial charge in [0.25, 0.3) is 5.69 Å². The van der Waals surface area contributed by atoms with Crippen molar-refractivity contribution in [1.82, 2.24) is 0 Å². The lowest BCUT2D eigenvalue weighted by Gasteiger charge is -2.28. The molecule has 0 aromatic heterocycles. The monoisotopic (exact) mass is 356 g/mol. The number of nitro benzene ring substituents is 1. The number of anilines is 1. The van der Waals surface area contributed by atoms with Crippen molar-refractivity contribution in [3.63, 3.8) is 0 Å². The van der Waals surface area contributed by atoms with E-state index in [9.17, 15) is 14.9 Å². The number of nitrogens with zero attached hydrogens (tertiary/aromatic N) is 1. The summed E-state index contributed by atoms with van der Waals surface area (Å²) in [6, 6.07) is 5.11. The van der Waals surface area contributed by atoms with Gasteiger partial charge in [0.2, 0.25) is 0 Å². The summed E-state index contributed by atoms with van der Waals surface area (Å²) >= 11 is 3.24. The number of benzene rings is 1. The molecule has 0 spiro atoms. The lowest BCUT2D eigenvalue weighted by atomic mass is 9.86. The Balaban J connectivity index is 2.01. The van der Waals surface area contributed by atoms with E-state index in [0.29, 0.717) is 10.2 Å². The highest BCUT2D eigenvalue weighted by Gasteiger charge is 2.28. The standard InChI is InChI=1S/C14H17BrN2O4/c1-21-14(18)9-2-5-11(6-3-9)16-12-7-4-10(15)8-13(12)17(19)20/h4,7-9,11,16H,2-3,5-6H2,1H3. The molecule has 1 saturated carbocycles. The van der Waals surface area contributed by atoms with Crippen LogP contribution in [0.2, 0.25) is 0 Å². The summed E-state index contributed by atoms with van der Waals surface area (Å²) in [6.07, 6.45) is 3.09. The number of halogens is 1. The molecule has 0 atom stereocenters. The fourth-order valence-corrected chi connectivity index (χ4v) is 2.99. The molecule has 1 aliphatic carbocycles. The molecule has 1 fully saturated rings. The van der Waals surface area contributed by atoms with E-state index in [1.807, 2.05) is 0 Å². The van der Waals surface area contributed by atoms with Crippen LogP contribution in [0, 0.1) is 16.0 Å². The summed E-state index contributed by atoms with van der Waals surface area (Å²) in [6.45, 7) is 0. The van der Waals surface area contributed by atoms with Gasteiger partial charge in [0.05, 0.1) is 18.0 Å². The molecule has 7 heteroatoms. The molecule has 21 heavy (non-hydrogen) atoms. The van der Waals surface area contributed by atoms with Crippen LogP contribution in [0.1, 0.15) is 25.7 Å². The van der Waals surface area contributed by atoms with E-state index in [2.05, 4.69) is 21.2 Å². The van der Waals surface area contributed by atoms with Crippen LogP contribution in [0.15, 0.2) is 22.7 Å². The first-order valence-corrected chi connectivity index (χ1v) is 7.59. The minimum atomic E-state index is -0.396. The number of rotatable bonds is 4. The first-order valence-electron chi connectivity index (χ1n) is 6.79. The third-order valence-corrected chi connectivity index (χ3v) is 4.27. The largest absolute Gasteiger partial charge is 0.469 e. The lowest BCUT2D eigenvalue weighted by molar-refractivity contribution is -0.384. The van der Waals surface area contributed by atoms with E-state index in [4.69, 9.17) is 4.74 Å². The molecule has 1 N–H and O–H groups in total. The maximum Gasteiger partial charge on any atom is 0.308 e. The Morgan fingerprint density at radius 2 is 2.05 bits per heavy atom. The second kappa shape index (κ2) is 6.89. The van der Waals surface area contributed by atoms with Gasteiger partial charge in [-0.3, -0.25) is 14.9 Å². The molecule has 0 saturated heterocycles. The van der Waals surface area contributed by atoms with E-state index < -0.39 is 4.92 Å². The smallest absolute Gasteiger partial charge is 0.308 e. The van der Waals surface area contributed by atoms with Gasteiger partial charge in [-0.1, -0.05) is 15.9 Å². The zero-order chi connectivity index (χ0) is 15.4. The number of hydrogen-bond acceptors (Lipinski definition) is 5. The highest BCUT2D eigenvalue weighted by atomic mass is 79.9. The van der Waals surface area contributed by atoms with Crippen LogP contribution in [0.4, 0.5) is 11.4 Å². The molecule has 2 rings (SSSR count). The molecular formula is C14H17BrN2O4. The highest BCUT2D eigenvalue weighted by molar-refractivity contribution is 9.10. The average Bonchev–Trinajstić information content (AvgIpc) is 2.49. The zero-order valence-corrected chi connectivity index (χ0v) is 13.3. The van der Waals surface area contributed by atoms with Crippen molar-refractivity contribution in [2.75, 3.05) is 12.4 Å². The third-order valence-electron chi connectivity index (χ3n) is 3.78. The maximum absolute atomic E-state index is 11.5. The number of hydrogen-bond donors (Lipinski definition) is 1. The Bertz CT molecular complexity index is 542. The summed E-state index contributed by atoms with van der Waals surface area (Å²) in [5.74, 6) is -0.212. The Kier molecular flexibility index (Phi) is 5.17. The lowest BCUT2D eigenvalue weighted by Crippen LogP contribution is -2.30. The molecule has 114 valence electrons. The van der Waals surface area contributed by atoms with Crippen molar-refractivity contribution in [3.8, 4) is 0 Å². The molecule has 6 nitrogen and oxygen atoms in total. The van der Waals surface area contributed by atoms with Crippen LogP contribution < -0.4 is 5.32 Å². The van der Waals surface area contributed by atoms with Crippen molar-refractivity contribution in [2.45, 2.75) is 31.7 Å². The quantitative estimate of drug-likeness (QED) is 0.507. The van der Waals surface area contributed by atoms with Gasteiger partial charge >= 0.3 is 5.97 Å². The van der Waals surface area contributed by atoms with Gasteiger partial charge in [-0.05, 0) is 37.8 Å². The second-order valence-corrected chi connectivity index (χ2v) is 6.05. The molecule has 0 unspecified atom stereocenters. The first-order chi connectivity index (χ1) is 10.0. The molecular weight excluding hydrogens is 340 g/mol. The van der Waals surface area contributed by atoms with Crippen molar-refractivity contribution in [1.29, 1.82) is 0 Å². The number of carbonyl (C=O) groups is 1. The van der Waals surface area contributed by atoms with Crippen molar-refractivity contribution in [3.05, 3.63) is 32.8 Å². The van der Waals surface area contributed by atoms with Gasteiger partial charge in [0.1, 0.15) is 5.69 Å². The molecule has 1 aromatic rings. The topological polar surface area (TPSA) is 81.5 Å². The van der Waals surface area contributed by atoms with Crippen molar-refractivity contribution in [2.24, 2.45) is 5.92 Å². The summed E-state index contributed by atoms with van der Waals surface area (Å²) in [5, 5.41) is 14.3. The molecule has 0 bridgehead atoms. The molecule has 0 radical (unpaired) electrons. The van der Waals surface area contributed by atoms with E-state index >= 15 is 0 Å². The fourth-order valence-electron chi connectivity index (χ4n) is 2.64. The Hall–Kier alpha value is -1.63. The van der Waals surface area contributed by atoms with Gasteiger partial charge in [-0.15, -0.1) is 0 Å². The molecule has 1 aliphatic rings. The van der Waals surface area contributed by atoms with Gasteiger partial charge < -0.3 is 10.1 Å². The van der Waals surface area contributed by atoms with E-state index in [1.54, 1.807) is 12.1 Å². The van der Waals surface area contributed by atoms with Crippen molar-refractivity contribution < 1.29 is 14.5 Å². The summed E-state index contributed by atoms with van der Waals surface area (Å²) in [4.78, 5) is 22.2. The minimum Gasteiger partial charge on any atom is -0.469 e. The number of carbonyl (C=O) groups excluding carboxylic acids is 1. The average molecular weight is 357 g/mol. The third kappa shape index (κ3) is 3.93. The SMILES string of the molecule is COC(=O)C1CCC(Nc2ccc(Br)cc2[N+](=O)[O-])CC1. The van der Waals surface area contributed by atoms with E-state index in [0.717, 1.165) is 25.7 Å². The zero-order valence-electron chi connectivity index (χ0n) is 11.7. The Labute approximate surface area is 131 Å². The minimum absolute atomic E-state index is 0.0482. The number of ether oxygens (including phenoxy) is 1. The van der Waals surface area contributed by atoms with Crippen LogP contribution in [-0.4, -0.2) is 24.0 Å². The van der Waals surface area contributed by atoms with Gasteiger partial charge in [0.15, 0.2) is 0 Å². The number of methoxy groups -OCH3 is 1. The van der Waals surface area contributed by atoms with Crippen LogP contribution in [0.3, 0.4) is 0 Å². The van der Waals surface area contributed by atoms with Gasteiger partial charge in [-0.25, -0.2) is 0 Å².